The molecule has 0 bridgehead atoms. The van der Waals surface area contributed by atoms with Gasteiger partial charge in [0.25, 0.3) is 0 Å². The highest BCUT2D eigenvalue weighted by Gasteiger charge is 2.43. The van der Waals surface area contributed by atoms with Gasteiger partial charge in [-0.25, -0.2) is 0 Å². The summed E-state index contributed by atoms with van der Waals surface area (Å²) in [4.78, 5) is 0. The molecule has 0 aromatic rings. The largest absolute Gasteiger partial charge is 0.392 e. The third-order valence-electron chi connectivity index (χ3n) is 2.98. The molecule has 1 fully saturated rings. The summed E-state index contributed by atoms with van der Waals surface area (Å²) >= 11 is 0. The second-order valence-corrected chi connectivity index (χ2v) is 4.15. The van der Waals surface area contributed by atoms with Crippen LogP contribution in [0.4, 0.5) is 0 Å². The third-order valence-corrected chi connectivity index (χ3v) is 2.98. The molecular weight excluding hydrogens is 166 g/mol. The van der Waals surface area contributed by atoms with E-state index in [0.29, 0.717) is 18.9 Å². The van der Waals surface area contributed by atoms with Crippen LogP contribution in [0.25, 0.3) is 0 Å². The fourth-order valence-electron chi connectivity index (χ4n) is 1.94. The normalized spacial score (nSPS) is 24.0. The van der Waals surface area contributed by atoms with Crippen molar-refractivity contribution in [3.63, 3.8) is 0 Å². The summed E-state index contributed by atoms with van der Waals surface area (Å²) in [5.74, 6) is 0.434. The van der Waals surface area contributed by atoms with Crippen molar-refractivity contribution in [2.45, 2.75) is 44.3 Å². The molecule has 1 rings (SSSR count). The van der Waals surface area contributed by atoms with Crippen LogP contribution in [0.3, 0.4) is 0 Å². The van der Waals surface area contributed by atoms with Crippen molar-refractivity contribution >= 4 is 0 Å². The number of aliphatic hydroxyl groups excluding tert-OH is 1. The molecule has 1 saturated carbocycles. The Labute approximate surface area is 80.2 Å². The topological polar surface area (TPSA) is 52.5 Å². The summed E-state index contributed by atoms with van der Waals surface area (Å²) in [5.41, 5.74) is -0.615. The maximum Gasteiger partial charge on any atom is 0.0698 e. The molecule has 0 spiro atoms. The zero-order valence-corrected chi connectivity index (χ0v) is 8.58. The highest BCUT2D eigenvalue weighted by atomic mass is 16.3. The Balaban J connectivity index is 2.37. The Morgan fingerprint density at radius 2 is 2.15 bits per heavy atom. The van der Waals surface area contributed by atoms with Gasteiger partial charge in [0.1, 0.15) is 0 Å². The van der Waals surface area contributed by atoms with Crippen LogP contribution in [0.1, 0.15) is 32.6 Å². The molecule has 3 heteroatoms. The molecule has 0 heterocycles. The number of likely N-dealkylation sites (N-methyl/N-ethyl adjacent to an activating group) is 1. The first-order valence-corrected chi connectivity index (χ1v) is 5.17. The zero-order valence-electron chi connectivity index (χ0n) is 8.58. The third kappa shape index (κ3) is 2.93. The lowest BCUT2D eigenvalue weighted by atomic mass is 9.88. The van der Waals surface area contributed by atoms with E-state index in [2.05, 4.69) is 5.32 Å². The van der Waals surface area contributed by atoms with E-state index < -0.39 is 11.7 Å². The average Bonchev–Trinajstić information content (AvgIpc) is 2.86. The molecule has 13 heavy (non-hydrogen) atoms. The Hall–Kier alpha value is -0.120. The van der Waals surface area contributed by atoms with E-state index in [1.165, 1.54) is 0 Å². The van der Waals surface area contributed by atoms with E-state index in [1.54, 1.807) is 0 Å². The second kappa shape index (κ2) is 4.40. The first-order valence-electron chi connectivity index (χ1n) is 5.17. The number of rotatable bonds is 6. The van der Waals surface area contributed by atoms with Crippen LogP contribution < -0.4 is 5.32 Å². The van der Waals surface area contributed by atoms with Gasteiger partial charge in [0.05, 0.1) is 11.7 Å². The zero-order chi connectivity index (χ0) is 9.90. The fraction of sp³-hybridized carbons (Fsp3) is 1.00. The molecule has 1 aliphatic carbocycles. The second-order valence-electron chi connectivity index (χ2n) is 4.15. The van der Waals surface area contributed by atoms with Crippen LogP contribution in [0.15, 0.2) is 0 Å². The Bertz CT molecular complexity index is 159. The van der Waals surface area contributed by atoms with Gasteiger partial charge in [-0.1, -0.05) is 6.92 Å². The highest BCUT2D eigenvalue weighted by Crippen LogP contribution is 2.43. The molecule has 0 radical (unpaired) electrons. The lowest BCUT2D eigenvalue weighted by Gasteiger charge is -2.29. The van der Waals surface area contributed by atoms with E-state index in [4.69, 9.17) is 0 Å². The smallest absolute Gasteiger partial charge is 0.0698 e. The van der Waals surface area contributed by atoms with E-state index in [0.717, 1.165) is 19.3 Å². The minimum absolute atomic E-state index is 0.421. The van der Waals surface area contributed by atoms with Gasteiger partial charge in [-0.15, -0.1) is 0 Å². The average molecular weight is 187 g/mol. The summed E-state index contributed by atoms with van der Waals surface area (Å²) in [6.07, 6.45) is 3.08. The maximum absolute atomic E-state index is 10.2. The summed E-state index contributed by atoms with van der Waals surface area (Å²) in [5, 5.41) is 22.7. The Morgan fingerprint density at radius 1 is 1.54 bits per heavy atom. The maximum atomic E-state index is 10.2. The van der Waals surface area contributed by atoms with Crippen LogP contribution in [0.2, 0.25) is 0 Å². The van der Waals surface area contributed by atoms with Crippen LogP contribution >= 0.6 is 0 Å². The van der Waals surface area contributed by atoms with Crippen LogP contribution in [-0.2, 0) is 0 Å². The van der Waals surface area contributed by atoms with Gasteiger partial charge >= 0.3 is 0 Å². The number of nitrogens with one attached hydrogen (secondary N) is 1. The summed E-state index contributed by atoms with van der Waals surface area (Å²) < 4.78 is 0. The molecule has 0 saturated heterocycles. The fourth-order valence-corrected chi connectivity index (χ4v) is 1.94. The molecule has 1 aliphatic rings. The predicted octanol–water partition coefficient (Wildman–Crippen LogP) is 0.508. The van der Waals surface area contributed by atoms with Gasteiger partial charge in [-0.05, 0) is 32.2 Å². The van der Waals surface area contributed by atoms with Crippen molar-refractivity contribution in [2.75, 3.05) is 13.6 Å². The summed E-state index contributed by atoms with van der Waals surface area (Å²) in [6.45, 7) is 2.56. The van der Waals surface area contributed by atoms with Gasteiger partial charge in [-0.3, -0.25) is 0 Å². The minimum atomic E-state index is -0.615. The Kier molecular flexibility index (Phi) is 3.71. The van der Waals surface area contributed by atoms with Crippen molar-refractivity contribution < 1.29 is 10.2 Å². The van der Waals surface area contributed by atoms with E-state index in [-0.39, 0.29) is 0 Å². The highest BCUT2D eigenvalue weighted by molar-refractivity contribution is 4.95. The van der Waals surface area contributed by atoms with Gasteiger partial charge in [0.15, 0.2) is 0 Å². The number of aliphatic hydroxyl groups is 2. The van der Waals surface area contributed by atoms with Crippen LogP contribution in [-0.4, -0.2) is 35.5 Å². The van der Waals surface area contributed by atoms with Crippen LogP contribution in [0, 0.1) is 5.92 Å². The monoisotopic (exact) mass is 187 g/mol. The Morgan fingerprint density at radius 3 is 2.54 bits per heavy atom. The van der Waals surface area contributed by atoms with Crippen molar-refractivity contribution in [1.82, 2.24) is 5.32 Å². The molecule has 3 nitrogen and oxygen atoms in total. The van der Waals surface area contributed by atoms with Crippen molar-refractivity contribution in [1.29, 1.82) is 0 Å². The lowest BCUT2D eigenvalue weighted by Crippen LogP contribution is -2.38. The number of hydrogen-bond donors (Lipinski definition) is 3. The lowest BCUT2D eigenvalue weighted by molar-refractivity contribution is -0.0305. The molecular formula is C10H21NO2. The van der Waals surface area contributed by atoms with Gasteiger partial charge in [-0.2, -0.15) is 0 Å². The SMILES string of the molecule is CC[C@](O)(C[C@@H](O)CNC)C1CC1. The molecule has 78 valence electrons. The molecule has 3 N–H and O–H groups in total. The molecule has 0 aromatic heterocycles. The van der Waals surface area contributed by atoms with Gasteiger partial charge in [0, 0.05) is 13.0 Å². The quantitative estimate of drug-likeness (QED) is 0.568. The van der Waals surface area contributed by atoms with E-state index >= 15 is 0 Å². The first-order chi connectivity index (χ1) is 6.12. The molecule has 0 aliphatic heterocycles. The molecule has 0 unspecified atom stereocenters. The summed E-state index contributed by atoms with van der Waals surface area (Å²) in [6, 6.07) is 0. The van der Waals surface area contributed by atoms with Crippen molar-refractivity contribution in [3.8, 4) is 0 Å². The van der Waals surface area contributed by atoms with Crippen molar-refractivity contribution in [3.05, 3.63) is 0 Å². The molecule has 0 amide bonds. The number of hydrogen-bond acceptors (Lipinski definition) is 3. The van der Waals surface area contributed by atoms with Gasteiger partial charge in [0.2, 0.25) is 0 Å². The van der Waals surface area contributed by atoms with Crippen LogP contribution in [0.5, 0.6) is 0 Å². The molecule has 0 aromatic carbocycles. The minimum Gasteiger partial charge on any atom is -0.392 e. The van der Waals surface area contributed by atoms with E-state index in [9.17, 15) is 10.2 Å². The predicted molar refractivity (Wildman–Crippen MR) is 52.5 cm³/mol. The van der Waals surface area contributed by atoms with Crippen molar-refractivity contribution in [2.24, 2.45) is 5.92 Å². The van der Waals surface area contributed by atoms with Gasteiger partial charge < -0.3 is 15.5 Å². The molecule has 2 atom stereocenters. The summed E-state index contributed by atoms with van der Waals surface area (Å²) in [7, 11) is 1.81. The first kappa shape index (κ1) is 11.0. The van der Waals surface area contributed by atoms with E-state index in [1.807, 2.05) is 14.0 Å². The standard InChI is InChI=1S/C10H21NO2/c1-3-10(13,8-4-5-8)6-9(12)7-11-2/h8-9,11-13H,3-7H2,1-2H3/t9-,10+/m1/s1.